The normalized spacial score (nSPS) is 34.6. The molecule has 0 aliphatic heterocycles. The van der Waals surface area contributed by atoms with Crippen molar-refractivity contribution in [1.82, 2.24) is 0 Å². The van der Waals surface area contributed by atoms with Crippen LogP contribution in [0.4, 0.5) is 0 Å². The Morgan fingerprint density at radius 1 is 1.07 bits per heavy atom. The highest BCUT2D eigenvalue weighted by Gasteiger charge is 2.67. The van der Waals surface area contributed by atoms with Gasteiger partial charge in [0, 0.05) is 11.3 Å². The minimum atomic E-state index is -3.93. The molecule has 3 fully saturated rings. The number of methoxy groups -OCH3 is 1. The molecular weight excluding hydrogens is 597 g/mol. The largest absolute Gasteiger partial charge is 0.497 e. The molecule has 44 heavy (non-hydrogen) atoms. The second kappa shape index (κ2) is 11.9. The molecule has 1 aromatic carbocycles. The zero-order valence-corrected chi connectivity index (χ0v) is 30.2. The molecular formula is C34H54O8SSi. The molecule has 2 bridgehead atoms. The van der Waals surface area contributed by atoms with Crippen LogP contribution in [-0.2, 0) is 34.9 Å². The summed E-state index contributed by atoms with van der Waals surface area (Å²) >= 11 is 0. The van der Waals surface area contributed by atoms with E-state index in [4.69, 9.17) is 18.1 Å². The van der Waals surface area contributed by atoms with Crippen LogP contribution in [0.5, 0.6) is 5.75 Å². The van der Waals surface area contributed by atoms with E-state index in [1.807, 2.05) is 45.0 Å². The quantitative estimate of drug-likeness (QED) is 0.195. The lowest BCUT2D eigenvalue weighted by atomic mass is 9.58. The fourth-order valence-corrected chi connectivity index (χ4v) is 9.79. The molecule has 0 radical (unpaired) electrons. The van der Waals surface area contributed by atoms with Gasteiger partial charge in [0.2, 0.25) is 0 Å². The van der Waals surface area contributed by atoms with E-state index >= 15 is 4.79 Å². The molecule has 3 saturated carbocycles. The molecule has 0 saturated heterocycles. The van der Waals surface area contributed by atoms with E-state index in [1.54, 1.807) is 7.11 Å². The fraction of sp³-hybridized carbons (Fsp3) is 0.735. The molecule has 248 valence electrons. The highest BCUT2D eigenvalue weighted by atomic mass is 32.2. The van der Waals surface area contributed by atoms with Crippen LogP contribution >= 0.6 is 0 Å². The summed E-state index contributed by atoms with van der Waals surface area (Å²) in [6.07, 6.45) is 0.872. The number of allylic oxidation sites excluding steroid dienone is 1. The molecule has 7 atom stereocenters. The number of aliphatic hydroxyl groups is 1. The molecule has 1 N–H and O–H groups in total. The van der Waals surface area contributed by atoms with Crippen molar-refractivity contribution in [2.45, 2.75) is 122 Å². The van der Waals surface area contributed by atoms with E-state index in [9.17, 15) is 13.5 Å². The van der Waals surface area contributed by atoms with E-state index in [0.29, 0.717) is 25.7 Å². The molecule has 8 nitrogen and oxygen atoms in total. The highest BCUT2D eigenvalue weighted by Crippen LogP contribution is 2.61. The van der Waals surface area contributed by atoms with Crippen molar-refractivity contribution >= 4 is 24.2 Å². The van der Waals surface area contributed by atoms with E-state index < -0.39 is 59.1 Å². The number of hydrogen-bond acceptors (Lipinski definition) is 8. The van der Waals surface area contributed by atoms with Gasteiger partial charge in [-0.25, -0.2) is 0 Å². The number of rotatable bonds is 8. The lowest BCUT2D eigenvalue weighted by molar-refractivity contribution is -0.161. The zero-order chi connectivity index (χ0) is 33.1. The number of carbonyl (C=O) groups excluding carboxylic acids is 1. The van der Waals surface area contributed by atoms with Gasteiger partial charge in [-0.1, -0.05) is 58.9 Å². The highest BCUT2D eigenvalue weighted by molar-refractivity contribution is 7.86. The third kappa shape index (κ3) is 6.23. The molecule has 1 aromatic rings. The maximum Gasteiger partial charge on any atom is 0.264 e. The summed E-state index contributed by atoms with van der Waals surface area (Å²) in [4.78, 5) is 15.3. The first-order valence-electron chi connectivity index (χ1n) is 15.8. The molecule has 0 amide bonds. The third-order valence-corrected chi connectivity index (χ3v) is 16.8. The summed E-state index contributed by atoms with van der Waals surface area (Å²) in [5.74, 6) is -0.199. The molecule has 4 rings (SSSR count). The average Bonchev–Trinajstić information content (AvgIpc) is 3.15. The number of ketones is 1. The standard InChI is InChI=1S/C34H54O8SSi/c1-22-12-17-27(42-44(10,11)31(2,3)4)33(7)26(22)20-28(41-43(9,37)38)34(36)19-18-25(32(34,5)6)29(30(33)35)40-21-23-13-15-24(39-8)16-14-23/h13-16,25-29,36H,1,12,17-21H2,2-11H3/t25?,26-,27+,28+,29-,33+,34-/m1/s1. The maximum atomic E-state index is 15.3. The number of Topliss-reactive ketones (excluding diaryl/α,β-unsaturated/α-hetero) is 1. The van der Waals surface area contributed by atoms with Crippen LogP contribution in [0.1, 0.15) is 79.2 Å². The number of hydrogen-bond donors (Lipinski definition) is 1. The van der Waals surface area contributed by atoms with Gasteiger partial charge in [0.05, 0.1) is 37.1 Å². The third-order valence-electron chi connectivity index (χ3n) is 11.8. The van der Waals surface area contributed by atoms with Gasteiger partial charge in [-0.3, -0.25) is 8.98 Å². The Kier molecular flexibility index (Phi) is 9.55. The minimum Gasteiger partial charge on any atom is -0.497 e. The van der Waals surface area contributed by atoms with Crippen LogP contribution in [0.15, 0.2) is 36.4 Å². The predicted octanol–water partition coefficient (Wildman–Crippen LogP) is 6.43. The first-order chi connectivity index (χ1) is 20.1. The number of fused-ring (bicyclic) bond motifs is 3. The Labute approximate surface area is 266 Å². The Balaban J connectivity index is 1.88. The molecule has 0 aromatic heterocycles. The summed E-state index contributed by atoms with van der Waals surface area (Å²) in [7, 11) is -4.66. The van der Waals surface area contributed by atoms with E-state index in [2.05, 4.69) is 40.4 Å². The van der Waals surface area contributed by atoms with Crippen molar-refractivity contribution in [2.75, 3.05) is 13.4 Å². The van der Waals surface area contributed by atoms with Crippen molar-refractivity contribution in [3.05, 3.63) is 42.0 Å². The summed E-state index contributed by atoms with van der Waals surface area (Å²) in [5, 5.41) is 12.4. The van der Waals surface area contributed by atoms with Crippen LogP contribution in [0.3, 0.4) is 0 Å². The van der Waals surface area contributed by atoms with E-state index in [0.717, 1.165) is 23.1 Å². The van der Waals surface area contributed by atoms with Crippen molar-refractivity contribution in [3.8, 4) is 5.75 Å². The lowest BCUT2D eigenvalue weighted by Gasteiger charge is -2.52. The molecule has 1 unspecified atom stereocenters. The Hall–Kier alpha value is -1.56. The van der Waals surface area contributed by atoms with Crippen LogP contribution < -0.4 is 4.74 Å². The van der Waals surface area contributed by atoms with Gasteiger partial charge < -0.3 is 19.0 Å². The lowest BCUT2D eigenvalue weighted by Crippen LogP contribution is -2.59. The second-order valence-corrected chi connectivity index (χ2v) is 22.0. The van der Waals surface area contributed by atoms with E-state index in [-0.39, 0.29) is 29.8 Å². The number of carbonyl (C=O) groups is 1. The van der Waals surface area contributed by atoms with Crippen LogP contribution in [0, 0.1) is 22.7 Å². The van der Waals surface area contributed by atoms with Gasteiger partial charge in [0.1, 0.15) is 18.0 Å². The van der Waals surface area contributed by atoms with Crippen molar-refractivity contribution < 1.29 is 36.4 Å². The van der Waals surface area contributed by atoms with Gasteiger partial charge in [-0.05, 0) is 80.8 Å². The molecule has 3 aliphatic rings. The smallest absolute Gasteiger partial charge is 0.264 e. The van der Waals surface area contributed by atoms with Crippen molar-refractivity contribution in [2.24, 2.45) is 22.7 Å². The van der Waals surface area contributed by atoms with Crippen LogP contribution in [0.2, 0.25) is 18.1 Å². The first kappa shape index (κ1) is 35.3. The summed E-state index contributed by atoms with van der Waals surface area (Å²) in [6, 6.07) is 7.56. The van der Waals surface area contributed by atoms with Gasteiger partial charge >= 0.3 is 0 Å². The van der Waals surface area contributed by atoms with E-state index in [1.165, 1.54) is 0 Å². The van der Waals surface area contributed by atoms with Gasteiger partial charge in [-0.2, -0.15) is 8.42 Å². The van der Waals surface area contributed by atoms with Crippen molar-refractivity contribution in [3.63, 3.8) is 0 Å². The molecule has 0 spiro atoms. The first-order valence-corrected chi connectivity index (χ1v) is 20.6. The summed E-state index contributed by atoms with van der Waals surface area (Å²) in [6.45, 7) is 21.3. The Morgan fingerprint density at radius 2 is 1.68 bits per heavy atom. The average molecular weight is 651 g/mol. The van der Waals surface area contributed by atoms with Gasteiger partial charge in [0.25, 0.3) is 10.1 Å². The Morgan fingerprint density at radius 3 is 2.23 bits per heavy atom. The van der Waals surface area contributed by atoms with Crippen LogP contribution in [0.25, 0.3) is 0 Å². The molecule has 0 heterocycles. The predicted molar refractivity (Wildman–Crippen MR) is 174 cm³/mol. The van der Waals surface area contributed by atoms with Gasteiger partial charge in [-0.15, -0.1) is 0 Å². The molecule has 3 aliphatic carbocycles. The fourth-order valence-electron chi connectivity index (χ4n) is 7.71. The monoisotopic (exact) mass is 650 g/mol. The number of benzene rings is 1. The second-order valence-electron chi connectivity index (χ2n) is 15.7. The maximum absolute atomic E-state index is 15.3. The van der Waals surface area contributed by atoms with Crippen molar-refractivity contribution in [1.29, 1.82) is 0 Å². The Bertz CT molecular complexity index is 1350. The summed E-state index contributed by atoms with van der Waals surface area (Å²) < 4.78 is 50.1. The summed E-state index contributed by atoms with van der Waals surface area (Å²) in [5.41, 5.74) is -1.74. The van der Waals surface area contributed by atoms with Gasteiger partial charge in [0.15, 0.2) is 14.1 Å². The van der Waals surface area contributed by atoms with Crippen LogP contribution in [-0.4, -0.2) is 64.9 Å². The SMILES string of the molecule is C=C1CC[C@H](O[Si](C)(C)C(C)(C)C)[C@@]2(C)C(=O)[C@H](OCc3ccc(OC)cc3)C3CC[C@@](O)([C@@H](OS(C)(=O)=O)C[C@H]12)C3(C)C. The molecule has 10 heteroatoms. The zero-order valence-electron chi connectivity index (χ0n) is 28.4. The number of ether oxygens (including phenoxy) is 2. The topological polar surface area (TPSA) is 108 Å². The minimum absolute atomic E-state index is 0.0668.